The quantitative estimate of drug-likeness (QED) is 0.488. The third-order valence-corrected chi connectivity index (χ3v) is 5.99. The van der Waals surface area contributed by atoms with Gasteiger partial charge in [0, 0.05) is 35.6 Å². The fourth-order valence-corrected chi connectivity index (χ4v) is 3.97. The molecule has 0 bridgehead atoms. The zero-order valence-electron chi connectivity index (χ0n) is 16.1. The van der Waals surface area contributed by atoms with Crippen molar-refractivity contribution in [3.8, 4) is 0 Å². The number of carbonyl (C=O) groups excluding carboxylic acids is 2. The molecule has 1 amide bonds. The van der Waals surface area contributed by atoms with E-state index >= 15 is 0 Å². The molecule has 3 aromatic rings. The van der Waals surface area contributed by atoms with Gasteiger partial charge in [0.25, 0.3) is 5.78 Å². The number of hydrogen-bond acceptors (Lipinski definition) is 6. The van der Waals surface area contributed by atoms with Crippen LogP contribution in [0.4, 0.5) is 5.69 Å². The molecular formula is C20H21N5O2S. The molecule has 1 saturated heterocycles. The highest BCUT2D eigenvalue weighted by atomic mass is 32.2. The monoisotopic (exact) mass is 395 g/mol. The third-order valence-electron chi connectivity index (χ3n) is 5.15. The van der Waals surface area contributed by atoms with Crippen molar-refractivity contribution in [2.75, 3.05) is 17.2 Å². The molecule has 1 aliphatic rings. The molecule has 0 aliphatic carbocycles. The van der Waals surface area contributed by atoms with Crippen LogP contribution in [0.25, 0.3) is 5.78 Å². The van der Waals surface area contributed by atoms with Crippen molar-refractivity contribution >= 4 is 34.9 Å². The number of carbonyl (C=O) groups is 2. The maximum Gasteiger partial charge on any atom is 0.253 e. The Labute approximate surface area is 167 Å². The Morgan fingerprint density at radius 3 is 2.57 bits per heavy atom. The van der Waals surface area contributed by atoms with Crippen molar-refractivity contribution in [1.82, 2.24) is 19.6 Å². The topological polar surface area (TPSA) is 80.5 Å². The van der Waals surface area contributed by atoms with Crippen LogP contribution in [-0.4, -0.2) is 43.6 Å². The Balaban J connectivity index is 1.45. The van der Waals surface area contributed by atoms with Crippen LogP contribution in [-0.2, 0) is 4.79 Å². The molecule has 8 heteroatoms. The summed E-state index contributed by atoms with van der Waals surface area (Å²) in [5.74, 6) is 0.938. The Hall–Kier alpha value is -2.74. The molecule has 1 aromatic carbocycles. The van der Waals surface area contributed by atoms with E-state index in [0.717, 1.165) is 35.6 Å². The van der Waals surface area contributed by atoms with Gasteiger partial charge in [-0.1, -0.05) is 11.8 Å². The predicted octanol–water partition coefficient (Wildman–Crippen LogP) is 3.15. The number of aromatic nitrogens is 4. The van der Waals surface area contributed by atoms with Crippen LogP contribution in [0.15, 0.2) is 29.4 Å². The van der Waals surface area contributed by atoms with Gasteiger partial charge >= 0.3 is 0 Å². The van der Waals surface area contributed by atoms with Gasteiger partial charge in [0.15, 0.2) is 5.78 Å². The summed E-state index contributed by atoms with van der Waals surface area (Å²) in [6.45, 7) is 6.69. The SMILES string of the molecule is Cc1nc2nc(SCC(=O)c3ccc(N4CCCC4=O)cc3)nn2c(C)c1C. The Bertz CT molecular complexity index is 1070. The number of ketones is 1. The number of rotatable bonds is 5. The van der Waals surface area contributed by atoms with Crippen LogP contribution < -0.4 is 4.90 Å². The second-order valence-corrected chi connectivity index (χ2v) is 7.86. The second kappa shape index (κ2) is 7.35. The van der Waals surface area contributed by atoms with Crippen molar-refractivity contribution in [3.63, 3.8) is 0 Å². The second-order valence-electron chi connectivity index (χ2n) is 6.92. The van der Waals surface area contributed by atoms with Crippen molar-refractivity contribution < 1.29 is 9.59 Å². The van der Waals surface area contributed by atoms with Crippen molar-refractivity contribution in [3.05, 3.63) is 46.8 Å². The fourth-order valence-electron chi connectivity index (χ4n) is 3.26. The minimum atomic E-state index is 0.000182. The number of benzene rings is 1. The molecule has 0 unspecified atom stereocenters. The lowest BCUT2D eigenvalue weighted by Gasteiger charge is -2.15. The molecule has 1 fully saturated rings. The number of hydrogen-bond donors (Lipinski definition) is 0. The normalized spacial score (nSPS) is 14.2. The standard InChI is InChI=1S/C20H21N5O2S/c1-12-13(2)21-19-22-20(23-25(19)14(12)3)28-11-17(26)15-6-8-16(9-7-15)24-10-4-5-18(24)27/h6-9H,4-5,10-11H2,1-3H3. The van der Waals surface area contributed by atoms with Gasteiger partial charge in [0.05, 0.1) is 5.75 Å². The number of thioether (sulfide) groups is 1. The first-order chi connectivity index (χ1) is 13.4. The van der Waals surface area contributed by atoms with Crippen LogP contribution in [0.5, 0.6) is 0 Å². The zero-order valence-corrected chi connectivity index (χ0v) is 16.9. The number of nitrogens with zero attached hydrogens (tertiary/aromatic N) is 5. The Morgan fingerprint density at radius 1 is 1.14 bits per heavy atom. The van der Waals surface area contributed by atoms with E-state index in [1.807, 2.05) is 32.9 Å². The van der Waals surface area contributed by atoms with Gasteiger partial charge in [-0.15, -0.1) is 5.10 Å². The van der Waals surface area contributed by atoms with E-state index < -0.39 is 0 Å². The number of amides is 1. The number of Topliss-reactive ketones (excluding diaryl/α,β-unsaturated/α-hetero) is 1. The molecule has 0 atom stereocenters. The van der Waals surface area contributed by atoms with E-state index in [4.69, 9.17) is 0 Å². The minimum Gasteiger partial charge on any atom is -0.312 e. The number of aryl methyl sites for hydroxylation is 2. The molecule has 28 heavy (non-hydrogen) atoms. The summed E-state index contributed by atoms with van der Waals surface area (Å²) >= 11 is 1.30. The van der Waals surface area contributed by atoms with Crippen LogP contribution in [0.1, 0.15) is 40.2 Å². The van der Waals surface area contributed by atoms with Crippen molar-refractivity contribution in [1.29, 1.82) is 0 Å². The lowest BCUT2D eigenvalue weighted by Crippen LogP contribution is -2.23. The molecule has 3 heterocycles. The Kier molecular flexibility index (Phi) is 4.89. The molecule has 1 aliphatic heterocycles. The van der Waals surface area contributed by atoms with Gasteiger partial charge in [0.2, 0.25) is 11.1 Å². The zero-order chi connectivity index (χ0) is 19.8. The Morgan fingerprint density at radius 2 is 1.89 bits per heavy atom. The van der Waals surface area contributed by atoms with Crippen LogP contribution in [0, 0.1) is 20.8 Å². The lowest BCUT2D eigenvalue weighted by molar-refractivity contribution is -0.117. The first-order valence-corrected chi connectivity index (χ1v) is 10.2. The summed E-state index contributed by atoms with van der Waals surface area (Å²) in [6.07, 6.45) is 1.48. The lowest BCUT2D eigenvalue weighted by atomic mass is 10.1. The first-order valence-electron chi connectivity index (χ1n) is 9.21. The molecule has 2 aromatic heterocycles. The van der Waals surface area contributed by atoms with E-state index in [-0.39, 0.29) is 17.4 Å². The average molecular weight is 395 g/mol. The first kappa shape index (κ1) is 18.6. The van der Waals surface area contributed by atoms with E-state index in [1.165, 1.54) is 11.8 Å². The predicted molar refractivity (Wildman–Crippen MR) is 108 cm³/mol. The maximum absolute atomic E-state index is 12.5. The average Bonchev–Trinajstić information content (AvgIpc) is 3.30. The van der Waals surface area contributed by atoms with Crippen molar-refractivity contribution in [2.45, 2.75) is 38.8 Å². The molecule has 4 rings (SSSR count). The van der Waals surface area contributed by atoms with Gasteiger partial charge in [-0.05, 0) is 57.0 Å². The highest BCUT2D eigenvalue weighted by molar-refractivity contribution is 7.99. The molecule has 0 radical (unpaired) electrons. The van der Waals surface area contributed by atoms with E-state index in [2.05, 4.69) is 15.1 Å². The van der Waals surface area contributed by atoms with Gasteiger partial charge in [-0.3, -0.25) is 9.59 Å². The summed E-state index contributed by atoms with van der Waals surface area (Å²) in [4.78, 5) is 35.0. The molecule has 0 spiro atoms. The minimum absolute atomic E-state index is 0.000182. The summed E-state index contributed by atoms with van der Waals surface area (Å²) in [7, 11) is 0. The van der Waals surface area contributed by atoms with Gasteiger partial charge < -0.3 is 4.90 Å². The smallest absolute Gasteiger partial charge is 0.253 e. The van der Waals surface area contributed by atoms with Crippen LogP contribution in [0.3, 0.4) is 0 Å². The van der Waals surface area contributed by atoms with Gasteiger partial charge in [-0.2, -0.15) is 4.98 Å². The van der Waals surface area contributed by atoms with E-state index in [1.54, 1.807) is 21.5 Å². The summed E-state index contributed by atoms with van der Waals surface area (Å²) < 4.78 is 1.72. The summed E-state index contributed by atoms with van der Waals surface area (Å²) in [6, 6.07) is 7.23. The van der Waals surface area contributed by atoms with E-state index in [0.29, 0.717) is 22.9 Å². The van der Waals surface area contributed by atoms with Gasteiger partial charge in [0.1, 0.15) is 0 Å². The molecule has 0 N–H and O–H groups in total. The van der Waals surface area contributed by atoms with Crippen LogP contribution >= 0.6 is 11.8 Å². The fraction of sp³-hybridized carbons (Fsp3) is 0.350. The van der Waals surface area contributed by atoms with Gasteiger partial charge in [-0.25, -0.2) is 9.50 Å². The van der Waals surface area contributed by atoms with Crippen molar-refractivity contribution in [2.24, 2.45) is 0 Å². The number of fused-ring (bicyclic) bond motifs is 1. The largest absolute Gasteiger partial charge is 0.312 e. The molecule has 144 valence electrons. The third kappa shape index (κ3) is 3.40. The van der Waals surface area contributed by atoms with E-state index in [9.17, 15) is 9.59 Å². The highest BCUT2D eigenvalue weighted by Gasteiger charge is 2.21. The van der Waals surface area contributed by atoms with Crippen LogP contribution in [0.2, 0.25) is 0 Å². The maximum atomic E-state index is 12.5. The summed E-state index contributed by atoms with van der Waals surface area (Å²) in [5, 5.41) is 5.00. The highest BCUT2D eigenvalue weighted by Crippen LogP contribution is 2.23. The molecule has 7 nitrogen and oxygen atoms in total. The molecule has 0 saturated carbocycles. The molecular weight excluding hydrogens is 374 g/mol. The number of anilines is 1. The summed E-state index contributed by atoms with van der Waals surface area (Å²) in [5.41, 5.74) is 4.48.